The number of allylic oxidation sites excluding steroid dienone is 6. The van der Waals surface area contributed by atoms with E-state index in [-0.39, 0.29) is 19.1 Å². The monoisotopic (exact) mass is 1120 g/mol. The number of rotatable bonds is 64. The lowest BCUT2D eigenvalue weighted by molar-refractivity contribution is -0.870. The first-order valence-electron chi connectivity index (χ1n) is 34.3. The topological polar surface area (TPSA) is 108 Å². The van der Waals surface area contributed by atoms with Gasteiger partial charge in [-0.15, -0.1) is 0 Å². The Bertz CT molecular complexity index is 1360. The fourth-order valence-electron chi connectivity index (χ4n) is 10.5. The fraction of sp³-hybridized carbons (Fsp3) is 0.899. The summed E-state index contributed by atoms with van der Waals surface area (Å²) in [6, 6.07) is -0.800. The van der Waals surface area contributed by atoms with Crippen molar-refractivity contribution in [3.05, 3.63) is 36.5 Å². The molecule has 0 saturated heterocycles. The van der Waals surface area contributed by atoms with Crippen molar-refractivity contribution < 1.29 is 32.9 Å². The first-order chi connectivity index (χ1) is 38.0. The molecular weight excluding hydrogens is 984 g/mol. The van der Waals surface area contributed by atoms with Crippen LogP contribution in [0.1, 0.15) is 348 Å². The van der Waals surface area contributed by atoms with Crippen molar-refractivity contribution in [2.75, 3.05) is 40.9 Å². The number of hydrogen-bond acceptors (Lipinski definition) is 6. The molecule has 0 heterocycles. The number of carbonyl (C=O) groups excluding carboxylic acids is 1. The zero-order chi connectivity index (χ0) is 57.0. The first-order valence-corrected chi connectivity index (χ1v) is 35.8. The third-order valence-corrected chi connectivity index (χ3v) is 16.8. The largest absolute Gasteiger partial charge is 0.756 e. The van der Waals surface area contributed by atoms with Gasteiger partial charge in [0.25, 0.3) is 7.82 Å². The smallest absolute Gasteiger partial charge is 0.268 e. The molecule has 9 heteroatoms. The van der Waals surface area contributed by atoms with Crippen LogP contribution in [0.3, 0.4) is 0 Å². The van der Waals surface area contributed by atoms with Gasteiger partial charge < -0.3 is 28.8 Å². The molecular formula is C69H135N2O6P. The van der Waals surface area contributed by atoms with Gasteiger partial charge in [-0.25, -0.2) is 0 Å². The maximum absolute atomic E-state index is 13.0. The minimum absolute atomic E-state index is 0.0144. The second-order valence-corrected chi connectivity index (χ2v) is 26.3. The molecule has 3 unspecified atom stereocenters. The minimum atomic E-state index is -4.58. The average molecular weight is 1120 g/mol. The molecule has 78 heavy (non-hydrogen) atoms. The van der Waals surface area contributed by atoms with E-state index in [1.54, 1.807) is 0 Å². The normalized spacial score (nSPS) is 13.9. The van der Waals surface area contributed by atoms with Crippen LogP contribution in [-0.2, 0) is 18.4 Å². The molecule has 0 fully saturated rings. The van der Waals surface area contributed by atoms with Gasteiger partial charge in [-0.3, -0.25) is 9.36 Å². The van der Waals surface area contributed by atoms with Gasteiger partial charge in [0, 0.05) is 6.42 Å². The summed E-state index contributed by atoms with van der Waals surface area (Å²) in [7, 11) is 1.32. The molecule has 0 aliphatic carbocycles. The van der Waals surface area contributed by atoms with Crippen molar-refractivity contribution in [2.45, 2.75) is 360 Å². The molecule has 1 amide bonds. The number of hydrogen-bond donors (Lipinski definition) is 2. The van der Waals surface area contributed by atoms with Gasteiger partial charge >= 0.3 is 0 Å². The summed E-state index contributed by atoms with van der Waals surface area (Å²) in [5.74, 6) is -0.158. The Morgan fingerprint density at radius 1 is 0.449 bits per heavy atom. The molecule has 0 saturated carbocycles. The van der Waals surface area contributed by atoms with E-state index in [0.29, 0.717) is 23.9 Å². The Morgan fingerprint density at radius 2 is 0.744 bits per heavy atom. The maximum Gasteiger partial charge on any atom is 0.268 e. The van der Waals surface area contributed by atoms with Crippen molar-refractivity contribution >= 4 is 13.7 Å². The van der Waals surface area contributed by atoms with Gasteiger partial charge in [0.2, 0.25) is 5.91 Å². The number of nitrogens with one attached hydrogen (secondary N) is 1. The molecule has 462 valence electrons. The molecule has 0 spiro atoms. The highest BCUT2D eigenvalue weighted by atomic mass is 31.2. The zero-order valence-electron chi connectivity index (χ0n) is 52.9. The summed E-state index contributed by atoms with van der Waals surface area (Å²) >= 11 is 0. The van der Waals surface area contributed by atoms with Crippen LogP contribution in [-0.4, -0.2) is 68.5 Å². The molecule has 0 bridgehead atoms. The molecule has 0 aromatic carbocycles. The predicted molar refractivity (Wildman–Crippen MR) is 339 cm³/mol. The number of aliphatic hydroxyl groups is 1. The van der Waals surface area contributed by atoms with Crippen LogP contribution in [0.5, 0.6) is 0 Å². The van der Waals surface area contributed by atoms with Crippen LogP contribution in [0.25, 0.3) is 0 Å². The summed E-state index contributed by atoms with van der Waals surface area (Å²) in [6.45, 7) is 4.76. The zero-order valence-corrected chi connectivity index (χ0v) is 53.8. The summed E-state index contributed by atoms with van der Waals surface area (Å²) in [5.41, 5.74) is 0. The van der Waals surface area contributed by atoms with Gasteiger partial charge in [-0.2, -0.15) is 0 Å². The number of likely N-dealkylation sites (N-methyl/N-ethyl adjacent to an activating group) is 1. The van der Waals surface area contributed by atoms with Crippen molar-refractivity contribution in [1.29, 1.82) is 0 Å². The summed E-state index contributed by atoms with van der Waals surface area (Å²) in [6.07, 6.45) is 79.3. The third kappa shape index (κ3) is 62.3. The highest BCUT2D eigenvalue weighted by Gasteiger charge is 2.24. The molecule has 0 rings (SSSR count). The van der Waals surface area contributed by atoms with Gasteiger partial charge in [0.05, 0.1) is 39.9 Å². The second kappa shape index (κ2) is 60.3. The summed E-state index contributed by atoms with van der Waals surface area (Å²) in [5, 5.41) is 14.1. The van der Waals surface area contributed by atoms with Crippen LogP contribution >= 0.6 is 7.82 Å². The van der Waals surface area contributed by atoms with Crippen LogP contribution in [0, 0.1) is 0 Å². The molecule has 3 atom stereocenters. The molecule has 8 nitrogen and oxygen atoms in total. The lowest BCUT2D eigenvalue weighted by atomic mass is 10.0. The predicted octanol–water partition coefficient (Wildman–Crippen LogP) is 21.0. The Morgan fingerprint density at radius 3 is 1.08 bits per heavy atom. The van der Waals surface area contributed by atoms with Gasteiger partial charge in [-0.1, -0.05) is 326 Å². The van der Waals surface area contributed by atoms with E-state index in [0.717, 1.165) is 51.4 Å². The lowest BCUT2D eigenvalue weighted by Crippen LogP contribution is -2.46. The molecule has 0 aliphatic rings. The van der Waals surface area contributed by atoms with E-state index in [1.165, 1.54) is 270 Å². The van der Waals surface area contributed by atoms with E-state index in [2.05, 4.69) is 55.6 Å². The number of phosphoric ester groups is 1. The number of quaternary nitrogens is 1. The van der Waals surface area contributed by atoms with Crippen LogP contribution < -0.4 is 10.2 Å². The Labute approximate surface area is 487 Å². The van der Waals surface area contributed by atoms with E-state index < -0.39 is 20.0 Å². The maximum atomic E-state index is 13.0. The number of nitrogens with zero attached hydrogens (tertiary/aromatic N) is 1. The van der Waals surface area contributed by atoms with E-state index in [4.69, 9.17) is 9.05 Å². The lowest BCUT2D eigenvalue weighted by Gasteiger charge is -2.30. The number of amides is 1. The van der Waals surface area contributed by atoms with Crippen LogP contribution in [0.15, 0.2) is 36.5 Å². The van der Waals surface area contributed by atoms with Crippen molar-refractivity contribution in [2.24, 2.45) is 0 Å². The molecule has 0 aromatic heterocycles. The van der Waals surface area contributed by atoms with Gasteiger partial charge in [0.15, 0.2) is 0 Å². The van der Waals surface area contributed by atoms with Crippen LogP contribution in [0.2, 0.25) is 0 Å². The standard InChI is InChI=1S/C69H135N2O6P/c1-6-8-10-12-14-16-18-20-22-24-26-28-29-30-31-32-33-34-35-36-37-38-39-40-41-43-45-47-49-51-53-55-57-59-61-63-69(73)70-67(66-77-78(74,75)76-65-64-71(3,4)5)68(72)62-60-58-56-54-52-50-48-46-44-42-27-25-23-21-19-17-15-13-11-9-7-2/h18,20,24,26,29-30,67-68,72H,6-17,19,21-23,25,27-28,31-66H2,1-5H3,(H-,70,73,74,75)/b20-18-,26-24-,30-29-. The van der Waals surface area contributed by atoms with Crippen LogP contribution in [0.4, 0.5) is 0 Å². The Hall–Kier alpha value is -1.28. The highest BCUT2D eigenvalue weighted by molar-refractivity contribution is 7.45. The average Bonchev–Trinajstić information content (AvgIpc) is 3.41. The second-order valence-electron chi connectivity index (χ2n) is 24.9. The van der Waals surface area contributed by atoms with Gasteiger partial charge in [-0.05, 0) is 51.4 Å². The summed E-state index contributed by atoms with van der Waals surface area (Å²) < 4.78 is 23.5. The van der Waals surface area contributed by atoms with E-state index in [9.17, 15) is 19.4 Å². The third-order valence-electron chi connectivity index (χ3n) is 15.9. The fourth-order valence-corrected chi connectivity index (χ4v) is 11.2. The van der Waals surface area contributed by atoms with Crippen molar-refractivity contribution in [3.8, 4) is 0 Å². The minimum Gasteiger partial charge on any atom is -0.756 e. The number of aliphatic hydroxyl groups excluding tert-OH is 1. The quantitative estimate of drug-likeness (QED) is 0.0272. The van der Waals surface area contributed by atoms with Crippen molar-refractivity contribution in [1.82, 2.24) is 5.32 Å². The van der Waals surface area contributed by atoms with Crippen molar-refractivity contribution in [3.63, 3.8) is 0 Å². The van der Waals surface area contributed by atoms with E-state index >= 15 is 0 Å². The highest BCUT2D eigenvalue weighted by Crippen LogP contribution is 2.38. The van der Waals surface area contributed by atoms with Gasteiger partial charge in [0.1, 0.15) is 13.2 Å². The SMILES string of the molecule is CCCCCCC/C=C\C/C=C\C/C=C\CCCCCCCCCCCCCCCCCCCCCCC(=O)NC(COP(=O)([O-])OCC[N+](C)(C)C)C(O)CCCCCCCCCCCCCCCCCCCCCCC. The molecule has 0 aromatic rings. The number of carbonyl (C=O) groups is 1. The Balaban J connectivity index is 3.98. The first kappa shape index (κ1) is 76.7. The van der Waals surface area contributed by atoms with E-state index in [1.807, 2.05) is 21.1 Å². The Kier molecular flexibility index (Phi) is 59.3. The molecule has 0 radical (unpaired) electrons. The summed E-state index contributed by atoms with van der Waals surface area (Å²) in [4.78, 5) is 25.6. The number of phosphoric acid groups is 1. The number of unbranched alkanes of at least 4 members (excludes halogenated alkanes) is 45. The molecule has 0 aliphatic heterocycles. The molecule has 2 N–H and O–H groups in total.